The number of carbonyl (C=O) groups excluding carboxylic acids is 2. The Labute approximate surface area is 278 Å². The van der Waals surface area contributed by atoms with Crippen LogP contribution in [0.1, 0.15) is 69.5 Å². The molecule has 2 amide bonds. The maximum absolute atomic E-state index is 12.1. The Morgan fingerprint density at radius 2 is 1.00 bits per heavy atom. The Kier molecular flexibility index (Phi) is 10.4. The first-order valence-electron chi connectivity index (χ1n) is 15.5. The van der Waals surface area contributed by atoms with Crippen molar-refractivity contribution in [3.05, 3.63) is 119 Å². The number of benzene rings is 2. The van der Waals surface area contributed by atoms with Gasteiger partial charge in [0, 0.05) is 50.0 Å². The third-order valence-corrected chi connectivity index (χ3v) is 7.53. The van der Waals surface area contributed by atoms with Crippen molar-refractivity contribution in [2.75, 3.05) is 14.1 Å². The van der Waals surface area contributed by atoms with Gasteiger partial charge in [0.2, 0.25) is 0 Å². The summed E-state index contributed by atoms with van der Waals surface area (Å²) in [6.07, 6.45) is 3.11. The van der Waals surface area contributed by atoms with E-state index in [0.717, 1.165) is 22.5 Å². The maximum atomic E-state index is 12.1. The van der Waals surface area contributed by atoms with Crippen molar-refractivity contribution in [3.8, 4) is 34.5 Å². The highest BCUT2D eigenvalue weighted by Crippen LogP contribution is 2.31. The van der Waals surface area contributed by atoms with E-state index in [9.17, 15) is 9.59 Å². The van der Waals surface area contributed by atoms with Gasteiger partial charge in [0.25, 0.3) is 11.8 Å². The van der Waals surface area contributed by atoms with Gasteiger partial charge in [0.05, 0.1) is 11.4 Å². The number of carbonyl (C=O) groups is 2. The van der Waals surface area contributed by atoms with Gasteiger partial charge in [-0.25, -0.2) is 9.97 Å². The summed E-state index contributed by atoms with van der Waals surface area (Å²) in [5, 5.41) is 5.25. The summed E-state index contributed by atoms with van der Waals surface area (Å²) in [4.78, 5) is 45.3. The van der Waals surface area contributed by atoms with E-state index in [4.69, 9.17) is 9.47 Å². The van der Waals surface area contributed by atoms with Crippen LogP contribution in [0.25, 0.3) is 23.0 Å². The van der Waals surface area contributed by atoms with Crippen molar-refractivity contribution in [1.82, 2.24) is 40.5 Å². The second kappa shape index (κ2) is 15.0. The molecule has 4 heterocycles. The van der Waals surface area contributed by atoms with Gasteiger partial charge in [-0.05, 0) is 38.8 Å². The molecule has 0 saturated carbocycles. The molecule has 1 unspecified atom stereocenters. The average molecular weight is 649 g/mol. The van der Waals surface area contributed by atoms with Crippen molar-refractivity contribution in [1.29, 1.82) is 0 Å². The van der Waals surface area contributed by atoms with Gasteiger partial charge in [-0.2, -0.15) is 0 Å². The van der Waals surface area contributed by atoms with E-state index in [-0.39, 0.29) is 24.0 Å². The summed E-state index contributed by atoms with van der Waals surface area (Å²) >= 11 is 0. The molecule has 6 N–H and O–H groups in total. The van der Waals surface area contributed by atoms with Crippen LogP contribution in [-0.4, -0.2) is 55.8 Å². The number of ether oxygens (including phenoxy) is 2. The molecule has 4 aromatic heterocycles. The van der Waals surface area contributed by atoms with E-state index in [2.05, 4.69) is 40.5 Å². The molecular formula is C36H40N8O4. The molecule has 6 aromatic rings. The minimum absolute atomic E-state index is 0.184. The molecule has 0 aliphatic heterocycles. The van der Waals surface area contributed by atoms with Crippen molar-refractivity contribution in [3.63, 3.8) is 0 Å². The van der Waals surface area contributed by atoms with Crippen LogP contribution in [0.5, 0.6) is 11.5 Å². The van der Waals surface area contributed by atoms with Gasteiger partial charge in [0.1, 0.15) is 23.6 Å². The van der Waals surface area contributed by atoms with Gasteiger partial charge >= 0.3 is 0 Å². The third-order valence-electron chi connectivity index (χ3n) is 7.53. The zero-order valence-corrected chi connectivity index (χ0v) is 27.8. The molecule has 48 heavy (non-hydrogen) atoms. The van der Waals surface area contributed by atoms with Crippen LogP contribution in [0, 0.1) is 13.8 Å². The lowest BCUT2D eigenvalue weighted by atomic mass is 10.1. The van der Waals surface area contributed by atoms with Crippen LogP contribution < -0.4 is 20.1 Å². The number of aromatic amines is 4. The summed E-state index contributed by atoms with van der Waals surface area (Å²) in [5.74, 6) is 1.85. The second-order valence-electron chi connectivity index (χ2n) is 11.2. The molecule has 0 aliphatic rings. The standard InChI is InChI=1S/2C18H20N4O2/c2*1-11-10-20-17(21-11)14-9-15(16(22-14)18(23)19-3)24-12(2)13-7-5-4-6-8-13/h2*4-10,12,22H,1-3H3,(H,19,23)(H,20,21)/t12-;/m0./s1. The van der Waals surface area contributed by atoms with Gasteiger partial charge < -0.3 is 40.0 Å². The average Bonchev–Trinajstić information content (AvgIpc) is 3.92. The second-order valence-corrected chi connectivity index (χ2v) is 11.2. The van der Waals surface area contributed by atoms with Crippen LogP contribution >= 0.6 is 0 Å². The van der Waals surface area contributed by atoms with Crippen molar-refractivity contribution < 1.29 is 19.1 Å². The van der Waals surface area contributed by atoms with Gasteiger partial charge in [-0.15, -0.1) is 0 Å². The highest BCUT2D eigenvalue weighted by Gasteiger charge is 2.21. The van der Waals surface area contributed by atoms with E-state index in [1.54, 1.807) is 38.6 Å². The molecule has 0 bridgehead atoms. The number of amides is 2. The Bertz CT molecular complexity index is 1810. The van der Waals surface area contributed by atoms with Crippen LogP contribution in [0.15, 0.2) is 85.2 Å². The summed E-state index contributed by atoms with van der Waals surface area (Å²) < 4.78 is 12.1. The van der Waals surface area contributed by atoms with E-state index in [0.29, 0.717) is 45.9 Å². The topological polar surface area (TPSA) is 166 Å². The first-order valence-corrected chi connectivity index (χ1v) is 15.5. The molecule has 12 heteroatoms. The molecular weight excluding hydrogens is 608 g/mol. The molecule has 0 saturated heterocycles. The molecule has 0 aliphatic carbocycles. The van der Waals surface area contributed by atoms with Crippen molar-refractivity contribution in [2.24, 2.45) is 0 Å². The van der Waals surface area contributed by atoms with Crippen molar-refractivity contribution >= 4 is 11.8 Å². The zero-order chi connectivity index (χ0) is 34.2. The lowest BCUT2D eigenvalue weighted by molar-refractivity contribution is 0.0943. The first-order chi connectivity index (χ1) is 23.2. The van der Waals surface area contributed by atoms with Crippen LogP contribution in [0.2, 0.25) is 0 Å². The number of H-pyrrole nitrogens is 4. The number of rotatable bonds is 10. The Morgan fingerprint density at radius 3 is 1.31 bits per heavy atom. The van der Waals surface area contributed by atoms with Crippen molar-refractivity contribution in [2.45, 2.75) is 39.9 Å². The lowest BCUT2D eigenvalue weighted by Crippen LogP contribution is -2.19. The fourth-order valence-electron chi connectivity index (χ4n) is 4.96. The molecule has 248 valence electrons. The summed E-state index contributed by atoms with van der Waals surface area (Å²) in [6, 6.07) is 23.3. The normalized spacial score (nSPS) is 12.0. The molecule has 0 fully saturated rings. The van der Waals surface area contributed by atoms with E-state index >= 15 is 0 Å². The maximum Gasteiger partial charge on any atom is 0.271 e. The van der Waals surface area contributed by atoms with E-state index in [1.807, 2.05) is 88.4 Å². The number of nitrogens with one attached hydrogen (secondary N) is 6. The smallest absolute Gasteiger partial charge is 0.271 e. The molecule has 0 radical (unpaired) electrons. The van der Waals surface area contributed by atoms with Crippen LogP contribution in [-0.2, 0) is 0 Å². The molecule has 6 rings (SSSR count). The quantitative estimate of drug-likeness (QED) is 0.100. The van der Waals surface area contributed by atoms with E-state index < -0.39 is 0 Å². The number of hydrogen-bond acceptors (Lipinski definition) is 6. The Hall–Kier alpha value is -6.04. The fourth-order valence-corrected chi connectivity index (χ4v) is 4.96. The molecule has 2 aromatic carbocycles. The van der Waals surface area contributed by atoms with Crippen LogP contribution in [0.3, 0.4) is 0 Å². The summed E-state index contributed by atoms with van der Waals surface area (Å²) in [6.45, 7) is 7.75. The number of hydrogen-bond donors (Lipinski definition) is 6. The summed E-state index contributed by atoms with van der Waals surface area (Å²) in [5.41, 5.74) is 6.14. The largest absolute Gasteiger partial charge is 0.484 e. The number of aryl methyl sites for hydroxylation is 2. The predicted molar refractivity (Wildman–Crippen MR) is 184 cm³/mol. The lowest BCUT2D eigenvalue weighted by Gasteiger charge is -2.14. The van der Waals surface area contributed by atoms with Gasteiger partial charge in [-0.3, -0.25) is 9.59 Å². The van der Waals surface area contributed by atoms with Gasteiger partial charge in [0.15, 0.2) is 23.1 Å². The van der Waals surface area contributed by atoms with Crippen LogP contribution in [0.4, 0.5) is 0 Å². The zero-order valence-electron chi connectivity index (χ0n) is 27.8. The number of nitrogens with zero attached hydrogens (tertiary/aromatic N) is 2. The highest BCUT2D eigenvalue weighted by atomic mass is 16.5. The Morgan fingerprint density at radius 1 is 0.625 bits per heavy atom. The molecule has 0 spiro atoms. The number of imidazole rings is 2. The highest BCUT2D eigenvalue weighted by molar-refractivity contribution is 5.96. The fraction of sp³-hybridized carbons (Fsp3) is 0.222. The predicted octanol–water partition coefficient (Wildman–Crippen LogP) is 6.43. The van der Waals surface area contributed by atoms with E-state index in [1.165, 1.54) is 0 Å². The number of aromatic nitrogens is 6. The monoisotopic (exact) mass is 648 g/mol. The molecule has 12 nitrogen and oxygen atoms in total. The minimum Gasteiger partial charge on any atom is -0.484 e. The first kappa shape index (κ1) is 33.3. The minimum atomic E-state index is -0.236. The summed E-state index contributed by atoms with van der Waals surface area (Å²) in [7, 11) is 3.18. The third kappa shape index (κ3) is 7.84. The Balaban J connectivity index is 0.000000188. The SMILES string of the molecule is CNC(=O)c1[nH]c(-c2ncc(C)[nH]2)cc1OC(C)c1ccccc1.CNC(=O)c1[nH]c(-c2ncc(C)[nH]2)cc1O[C@@H](C)c1ccccc1. The van der Waals surface area contributed by atoms with Gasteiger partial charge in [-0.1, -0.05) is 60.7 Å². The molecule has 2 atom stereocenters.